The maximum atomic E-state index is 11.8. The zero-order valence-electron chi connectivity index (χ0n) is 11.5. The van der Waals surface area contributed by atoms with Crippen molar-refractivity contribution < 1.29 is 19.4 Å². The maximum absolute atomic E-state index is 11.8. The van der Waals surface area contributed by atoms with Gasteiger partial charge in [-0.25, -0.2) is 9.59 Å². The number of hydrogen-bond donors (Lipinski definition) is 2. The fourth-order valence-corrected chi connectivity index (χ4v) is 2.18. The fraction of sp³-hybridized carbons (Fsp3) is 0.545. The lowest BCUT2D eigenvalue weighted by molar-refractivity contribution is -0.0373. The van der Waals surface area contributed by atoms with E-state index in [1.165, 1.54) is 13.1 Å². The van der Waals surface area contributed by atoms with Crippen molar-refractivity contribution in [2.24, 2.45) is 5.11 Å². The van der Waals surface area contributed by atoms with E-state index in [1.54, 1.807) is 0 Å². The van der Waals surface area contributed by atoms with E-state index in [0.717, 1.165) is 4.57 Å². The summed E-state index contributed by atoms with van der Waals surface area (Å²) in [6, 6.07) is -0.687. The highest BCUT2D eigenvalue weighted by molar-refractivity contribution is 5.56. The van der Waals surface area contributed by atoms with Crippen molar-refractivity contribution in [3.8, 4) is 0 Å². The first-order chi connectivity index (χ1) is 10.4. The average Bonchev–Trinajstić information content (AvgIpc) is 2.84. The molecule has 2 rings (SSSR count). The summed E-state index contributed by atoms with van der Waals surface area (Å²) >= 11 is 0. The Morgan fingerprint density at radius 2 is 2.41 bits per heavy atom. The van der Waals surface area contributed by atoms with Gasteiger partial charge >= 0.3 is 11.8 Å². The van der Waals surface area contributed by atoms with Crippen LogP contribution in [0, 0.1) is 6.92 Å². The lowest BCUT2D eigenvalue weighted by Crippen LogP contribution is -2.33. The molecule has 0 unspecified atom stereocenters. The van der Waals surface area contributed by atoms with Gasteiger partial charge < -0.3 is 14.6 Å². The van der Waals surface area contributed by atoms with E-state index in [-0.39, 0.29) is 13.0 Å². The Kier molecular flexibility index (Phi) is 4.49. The lowest BCUT2D eigenvalue weighted by atomic mass is 10.1. The Bertz CT molecular complexity index is 733. The molecule has 0 spiro atoms. The second kappa shape index (κ2) is 6.33. The number of azide groups is 1. The molecule has 1 aliphatic rings. The van der Waals surface area contributed by atoms with E-state index in [2.05, 4.69) is 19.7 Å². The molecule has 0 amide bonds. The van der Waals surface area contributed by atoms with Gasteiger partial charge in [0.1, 0.15) is 18.9 Å². The number of hydrogen-bond acceptors (Lipinski definition) is 6. The van der Waals surface area contributed by atoms with Gasteiger partial charge in [-0.1, -0.05) is 5.11 Å². The molecule has 11 nitrogen and oxygen atoms in total. The quantitative estimate of drug-likeness (QED) is 0.356. The molecule has 0 bridgehead atoms. The molecular weight excluding hydrogens is 298 g/mol. The van der Waals surface area contributed by atoms with Crippen LogP contribution in [-0.2, 0) is 9.47 Å². The Balaban J connectivity index is 2.25. The summed E-state index contributed by atoms with van der Waals surface area (Å²) in [5.74, 6) is 0. The predicted molar refractivity (Wildman–Crippen MR) is 71.5 cm³/mol. The van der Waals surface area contributed by atoms with Crippen molar-refractivity contribution in [2.75, 3.05) is 6.61 Å². The van der Waals surface area contributed by atoms with E-state index in [4.69, 9.17) is 15.4 Å². The summed E-state index contributed by atoms with van der Waals surface area (Å²) in [5.41, 5.74) is 7.69. The molecule has 0 aliphatic carbocycles. The van der Waals surface area contributed by atoms with Gasteiger partial charge in [0.05, 0.1) is 6.04 Å². The normalized spacial score (nSPS) is 23.8. The molecule has 2 heterocycles. The molecule has 2 N–H and O–H groups in total. The first kappa shape index (κ1) is 15.6. The van der Waals surface area contributed by atoms with Crippen molar-refractivity contribution in [3.05, 3.63) is 43.0 Å². The van der Waals surface area contributed by atoms with Crippen molar-refractivity contribution in [1.29, 1.82) is 0 Å². The van der Waals surface area contributed by atoms with Gasteiger partial charge in [-0.15, -0.1) is 0 Å². The first-order valence-electron chi connectivity index (χ1n) is 6.30. The lowest BCUT2D eigenvalue weighted by Gasteiger charge is -2.16. The molecule has 1 fully saturated rings. The summed E-state index contributed by atoms with van der Waals surface area (Å²) < 4.78 is 11.1. The molecule has 3 atom stereocenters. The number of carbonyl (C=O) groups is 1. The topological polar surface area (TPSA) is 159 Å². The molecule has 11 heteroatoms. The highest BCUT2D eigenvalue weighted by Gasteiger charge is 2.37. The van der Waals surface area contributed by atoms with E-state index in [1.807, 2.05) is 0 Å². The van der Waals surface area contributed by atoms with Gasteiger partial charge in [0.25, 0.3) is 5.56 Å². The summed E-state index contributed by atoms with van der Waals surface area (Å²) in [5, 5.41) is 12.0. The number of H-pyrrole nitrogens is 1. The molecule has 1 aromatic rings. The van der Waals surface area contributed by atoms with Crippen LogP contribution in [0.3, 0.4) is 0 Å². The highest BCUT2D eigenvalue weighted by Crippen LogP contribution is 2.30. The predicted octanol–water partition coefficient (Wildman–Crippen LogP) is 0.506. The second-order valence-corrected chi connectivity index (χ2v) is 4.69. The number of aromatic amines is 1. The summed E-state index contributed by atoms with van der Waals surface area (Å²) in [6.07, 6.45) is -1.59. The number of rotatable bonds is 4. The van der Waals surface area contributed by atoms with Gasteiger partial charge in [0.2, 0.25) is 0 Å². The Morgan fingerprint density at radius 3 is 3.05 bits per heavy atom. The molecule has 0 saturated carbocycles. The number of aryl methyl sites for hydroxylation is 1. The Morgan fingerprint density at radius 1 is 1.68 bits per heavy atom. The van der Waals surface area contributed by atoms with Gasteiger partial charge in [0, 0.05) is 23.1 Å². The third kappa shape index (κ3) is 3.27. The second-order valence-electron chi connectivity index (χ2n) is 4.69. The first-order valence-corrected chi connectivity index (χ1v) is 6.30. The summed E-state index contributed by atoms with van der Waals surface area (Å²) in [6.45, 7) is 1.20. The van der Waals surface area contributed by atoms with Gasteiger partial charge in [-0.3, -0.25) is 14.3 Å². The van der Waals surface area contributed by atoms with Crippen LogP contribution >= 0.6 is 0 Å². The SMILES string of the molecule is Cc1cn([C@H]2C[C@H](N=[N+]=[N-])[C@@H](COC(=O)O)O2)c(=O)[nH]c1=O. The zero-order chi connectivity index (χ0) is 16.3. The summed E-state index contributed by atoms with van der Waals surface area (Å²) in [4.78, 5) is 38.4. The van der Waals surface area contributed by atoms with Crippen molar-refractivity contribution >= 4 is 6.16 Å². The van der Waals surface area contributed by atoms with Crippen LogP contribution in [0.1, 0.15) is 18.2 Å². The number of carboxylic acid groups (broad SMARTS) is 1. The number of aromatic nitrogens is 2. The Hall–Kier alpha value is -2.78. The minimum absolute atomic E-state index is 0.156. The van der Waals surface area contributed by atoms with Crippen molar-refractivity contribution in [3.63, 3.8) is 0 Å². The van der Waals surface area contributed by atoms with Crippen LogP contribution < -0.4 is 11.2 Å². The number of nitrogens with zero attached hydrogens (tertiary/aromatic N) is 4. The van der Waals surface area contributed by atoms with E-state index < -0.39 is 35.8 Å². The van der Waals surface area contributed by atoms with Crippen LogP contribution in [0.5, 0.6) is 0 Å². The zero-order valence-corrected chi connectivity index (χ0v) is 11.5. The molecule has 118 valence electrons. The molecule has 1 aromatic heterocycles. The monoisotopic (exact) mass is 311 g/mol. The Labute approximate surface area is 122 Å². The number of nitrogens with one attached hydrogen (secondary N) is 1. The minimum atomic E-state index is -1.48. The highest BCUT2D eigenvalue weighted by atomic mass is 16.7. The third-order valence-corrected chi connectivity index (χ3v) is 3.23. The average molecular weight is 311 g/mol. The number of ether oxygens (including phenoxy) is 2. The smallest absolute Gasteiger partial charge is 0.450 e. The standard InChI is InChI=1S/C11H13N5O6/c1-5-3-16(10(18)13-9(5)17)8-2-6(14-15-12)7(22-8)4-21-11(19)20/h3,6-8H,2,4H2,1H3,(H,19,20)(H,13,17,18)/t6-,7+,8+/m0/s1. The van der Waals surface area contributed by atoms with Crippen LogP contribution in [0.25, 0.3) is 10.4 Å². The van der Waals surface area contributed by atoms with Gasteiger partial charge in [-0.05, 0) is 12.5 Å². The minimum Gasteiger partial charge on any atom is -0.450 e. The molecule has 1 saturated heterocycles. The maximum Gasteiger partial charge on any atom is 0.505 e. The van der Waals surface area contributed by atoms with E-state index in [0.29, 0.717) is 5.56 Å². The fourth-order valence-electron chi connectivity index (χ4n) is 2.18. The summed E-state index contributed by atoms with van der Waals surface area (Å²) in [7, 11) is 0. The third-order valence-electron chi connectivity index (χ3n) is 3.23. The molecule has 1 aliphatic heterocycles. The molecule has 22 heavy (non-hydrogen) atoms. The van der Waals surface area contributed by atoms with Gasteiger partial charge in [0.15, 0.2) is 0 Å². The van der Waals surface area contributed by atoms with Crippen LogP contribution in [0.2, 0.25) is 0 Å². The van der Waals surface area contributed by atoms with Crippen LogP contribution in [0.4, 0.5) is 4.79 Å². The van der Waals surface area contributed by atoms with E-state index >= 15 is 0 Å². The molecule has 0 aromatic carbocycles. The van der Waals surface area contributed by atoms with Crippen molar-refractivity contribution in [2.45, 2.75) is 31.7 Å². The largest absolute Gasteiger partial charge is 0.505 e. The van der Waals surface area contributed by atoms with E-state index in [9.17, 15) is 14.4 Å². The van der Waals surface area contributed by atoms with Gasteiger partial charge in [-0.2, -0.15) is 0 Å². The van der Waals surface area contributed by atoms with Crippen LogP contribution in [0.15, 0.2) is 20.9 Å². The van der Waals surface area contributed by atoms with Crippen molar-refractivity contribution in [1.82, 2.24) is 9.55 Å². The molecule has 0 radical (unpaired) electrons. The molecular formula is C11H13N5O6. The van der Waals surface area contributed by atoms with Crippen LogP contribution in [-0.4, -0.2) is 39.6 Å².